The highest BCUT2D eigenvalue weighted by molar-refractivity contribution is 4.76. The van der Waals surface area contributed by atoms with Crippen LogP contribution in [0.4, 0.5) is 0 Å². The fourth-order valence-corrected chi connectivity index (χ4v) is 1.87. The topological polar surface area (TPSA) is 32.3 Å². The Morgan fingerprint density at radius 3 is 2.64 bits per heavy atom. The standard InChI is InChI=1S/C9H19NO/c1-7-3-4-8(10-2)6-9(11)5-7/h7-11H,3-6H2,1-2H3. The lowest BCUT2D eigenvalue weighted by atomic mass is 10.0. The largest absolute Gasteiger partial charge is 0.393 e. The fraction of sp³-hybridized carbons (Fsp3) is 1.00. The number of nitrogens with one attached hydrogen (secondary N) is 1. The highest BCUT2D eigenvalue weighted by atomic mass is 16.3. The van der Waals surface area contributed by atoms with Crippen molar-refractivity contribution in [2.24, 2.45) is 5.92 Å². The van der Waals surface area contributed by atoms with Crippen molar-refractivity contribution in [3.63, 3.8) is 0 Å². The van der Waals surface area contributed by atoms with Crippen LogP contribution in [0.2, 0.25) is 0 Å². The fourth-order valence-electron chi connectivity index (χ4n) is 1.87. The van der Waals surface area contributed by atoms with E-state index in [1.807, 2.05) is 7.05 Å². The van der Waals surface area contributed by atoms with Gasteiger partial charge in [0.2, 0.25) is 0 Å². The van der Waals surface area contributed by atoms with E-state index in [-0.39, 0.29) is 6.10 Å². The normalized spacial score (nSPS) is 40.1. The van der Waals surface area contributed by atoms with Gasteiger partial charge in [0.25, 0.3) is 0 Å². The molecule has 2 heteroatoms. The number of rotatable bonds is 1. The third-order valence-electron chi connectivity index (χ3n) is 2.65. The zero-order valence-corrected chi connectivity index (χ0v) is 7.51. The molecule has 3 atom stereocenters. The van der Waals surface area contributed by atoms with Crippen LogP contribution in [-0.2, 0) is 0 Å². The van der Waals surface area contributed by atoms with Crippen LogP contribution in [0, 0.1) is 5.92 Å². The van der Waals surface area contributed by atoms with E-state index < -0.39 is 0 Å². The predicted octanol–water partition coefficient (Wildman–Crippen LogP) is 1.15. The van der Waals surface area contributed by atoms with E-state index in [2.05, 4.69) is 12.2 Å². The van der Waals surface area contributed by atoms with Gasteiger partial charge in [-0.15, -0.1) is 0 Å². The van der Waals surface area contributed by atoms with Crippen molar-refractivity contribution in [3.05, 3.63) is 0 Å². The van der Waals surface area contributed by atoms with Crippen LogP contribution in [0.3, 0.4) is 0 Å². The molecule has 0 radical (unpaired) electrons. The van der Waals surface area contributed by atoms with Crippen LogP contribution >= 0.6 is 0 Å². The Morgan fingerprint density at radius 1 is 1.27 bits per heavy atom. The second-order valence-electron chi connectivity index (χ2n) is 3.79. The molecule has 1 fully saturated rings. The first-order valence-electron chi connectivity index (χ1n) is 4.57. The molecule has 0 aromatic carbocycles. The summed E-state index contributed by atoms with van der Waals surface area (Å²) in [5.41, 5.74) is 0. The Bertz CT molecular complexity index is 116. The highest BCUT2D eigenvalue weighted by Gasteiger charge is 2.20. The quantitative estimate of drug-likeness (QED) is 0.560. The molecular formula is C9H19NO. The molecule has 0 spiro atoms. The summed E-state index contributed by atoms with van der Waals surface area (Å²) in [6.07, 6.45) is 4.31. The number of hydrogen-bond donors (Lipinski definition) is 2. The van der Waals surface area contributed by atoms with Crippen molar-refractivity contribution in [2.75, 3.05) is 7.05 Å². The van der Waals surface area contributed by atoms with E-state index in [1.54, 1.807) is 0 Å². The van der Waals surface area contributed by atoms with E-state index in [0.29, 0.717) is 12.0 Å². The van der Waals surface area contributed by atoms with Gasteiger partial charge < -0.3 is 10.4 Å². The third kappa shape index (κ3) is 2.80. The molecule has 1 aliphatic rings. The first-order valence-corrected chi connectivity index (χ1v) is 4.57. The molecule has 1 aliphatic carbocycles. The smallest absolute Gasteiger partial charge is 0.0557 e. The zero-order valence-electron chi connectivity index (χ0n) is 7.51. The highest BCUT2D eigenvalue weighted by Crippen LogP contribution is 2.22. The second kappa shape index (κ2) is 4.07. The van der Waals surface area contributed by atoms with Gasteiger partial charge in [0.1, 0.15) is 0 Å². The molecule has 0 aromatic rings. The summed E-state index contributed by atoms with van der Waals surface area (Å²) in [6, 6.07) is 0.537. The molecule has 0 saturated heterocycles. The van der Waals surface area contributed by atoms with Crippen molar-refractivity contribution in [3.8, 4) is 0 Å². The molecule has 1 saturated carbocycles. The lowest BCUT2D eigenvalue weighted by Crippen LogP contribution is -2.27. The molecule has 0 aliphatic heterocycles. The van der Waals surface area contributed by atoms with Gasteiger partial charge >= 0.3 is 0 Å². The van der Waals surface area contributed by atoms with E-state index in [9.17, 15) is 5.11 Å². The molecule has 2 N–H and O–H groups in total. The molecule has 0 heterocycles. The molecule has 66 valence electrons. The predicted molar refractivity (Wildman–Crippen MR) is 46.5 cm³/mol. The van der Waals surface area contributed by atoms with E-state index in [4.69, 9.17) is 0 Å². The lowest BCUT2D eigenvalue weighted by molar-refractivity contribution is 0.137. The summed E-state index contributed by atoms with van der Waals surface area (Å²) in [5, 5.41) is 12.8. The summed E-state index contributed by atoms with van der Waals surface area (Å²) in [5.74, 6) is 0.698. The maximum Gasteiger partial charge on any atom is 0.0557 e. The third-order valence-corrected chi connectivity index (χ3v) is 2.65. The summed E-state index contributed by atoms with van der Waals surface area (Å²) < 4.78 is 0. The number of aliphatic hydroxyl groups excluding tert-OH is 1. The van der Waals surface area contributed by atoms with Crippen molar-refractivity contribution >= 4 is 0 Å². The zero-order chi connectivity index (χ0) is 8.27. The number of aliphatic hydroxyl groups is 1. The Kier molecular flexibility index (Phi) is 3.34. The molecule has 0 bridgehead atoms. The van der Waals surface area contributed by atoms with Gasteiger partial charge in [0.15, 0.2) is 0 Å². The van der Waals surface area contributed by atoms with Gasteiger partial charge in [-0.2, -0.15) is 0 Å². The average molecular weight is 157 g/mol. The van der Waals surface area contributed by atoms with Gasteiger partial charge in [-0.25, -0.2) is 0 Å². The minimum atomic E-state index is -0.0788. The maximum atomic E-state index is 9.52. The van der Waals surface area contributed by atoms with E-state index in [0.717, 1.165) is 12.8 Å². The Balaban J connectivity index is 2.39. The van der Waals surface area contributed by atoms with Crippen LogP contribution in [0.25, 0.3) is 0 Å². The van der Waals surface area contributed by atoms with Crippen LogP contribution in [-0.4, -0.2) is 24.3 Å². The first kappa shape index (κ1) is 9.01. The van der Waals surface area contributed by atoms with Crippen molar-refractivity contribution in [1.29, 1.82) is 0 Å². The first-order chi connectivity index (χ1) is 5.22. The Morgan fingerprint density at radius 2 is 2.00 bits per heavy atom. The molecule has 0 amide bonds. The van der Waals surface area contributed by atoms with Gasteiger partial charge in [-0.3, -0.25) is 0 Å². The van der Waals surface area contributed by atoms with Gasteiger partial charge in [0.05, 0.1) is 6.10 Å². The minimum absolute atomic E-state index is 0.0788. The molecule has 2 nitrogen and oxygen atoms in total. The van der Waals surface area contributed by atoms with Crippen molar-refractivity contribution < 1.29 is 5.11 Å². The van der Waals surface area contributed by atoms with Crippen LogP contribution < -0.4 is 5.32 Å². The van der Waals surface area contributed by atoms with Crippen LogP contribution in [0.15, 0.2) is 0 Å². The Labute approximate surface area is 69.0 Å². The number of hydrogen-bond acceptors (Lipinski definition) is 2. The monoisotopic (exact) mass is 157 g/mol. The lowest BCUT2D eigenvalue weighted by Gasteiger charge is -2.14. The summed E-state index contributed by atoms with van der Waals surface area (Å²) in [7, 11) is 1.98. The van der Waals surface area contributed by atoms with E-state index in [1.165, 1.54) is 12.8 Å². The van der Waals surface area contributed by atoms with Gasteiger partial charge in [-0.1, -0.05) is 6.92 Å². The van der Waals surface area contributed by atoms with Crippen molar-refractivity contribution in [2.45, 2.75) is 44.8 Å². The molecule has 1 rings (SSSR count). The molecule has 3 unspecified atom stereocenters. The summed E-state index contributed by atoms with van der Waals surface area (Å²) >= 11 is 0. The second-order valence-corrected chi connectivity index (χ2v) is 3.79. The molecule has 0 aromatic heterocycles. The molecular weight excluding hydrogens is 138 g/mol. The summed E-state index contributed by atoms with van der Waals surface area (Å²) in [6.45, 7) is 2.22. The van der Waals surface area contributed by atoms with Crippen molar-refractivity contribution in [1.82, 2.24) is 5.32 Å². The summed E-state index contributed by atoms with van der Waals surface area (Å²) in [4.78, 5) is 0. The Hall–Kier alpha value is -0.0800. The van der Waals surface area contributed by atoms with Gasteiger partial charge in [0, 0.05) is 6.04 Å². The average Bonchev–Trinajstić information content (AvgIpc) is 2.11. The molecule has 11 heavy (non-hydrogen) atoms. The minimum Gasteiger partial charge on any atom is -0.393 e. The van der Waals surface area contributed by atoms with Gasteiger partial charge in [-0.05, 0) is 38.6 Å². The maximum absolute atomic E-state index is 9.52. The van der Waals surface area contributed by atoms with E-state index >= 15 is 0 Å². The SMILES string of the molecule is CNC1CCC(C)CC(O)C1. The van der Waals surface area contributed by atoms with Crippen LogP contribution in [0.5, 0.6) is 0 Å². The van der Waals surface area contributed by atoms with Crippen LogP contribution in [0.1, 0.15) is 32.6 Å².